The van der Waals surface area contributed by atoms with Gasteiger partial charge in [-0.25, -0.2) is 9.69 Å². The molecule has 0 aromatic heterocycles. The minimum absolute atomic E-state index is 0.0562. The highest BCUT2D eigenvalue weighted by molar-refractivity contribution is 6.99. The molecule has 0 aliphatic carbocycles. The first-order valence-corrected chi connectivity index (χ1v) is 19.3. The summed E-state index contributed by atoms with van der Waals surface area (Å²) < 4.78 is 12.4. The van der Waals surface area contributed by atoms with Crippen molar-refractivity contribution >= 4 is 36.5 Å². The van der Waals surface area contributed by atoms with Crippen LogP contribution in [-0.4, -0.2) is 61.5 Å². The minimum atomic E-state index is -2.74. The Kier molecular flexibility index (Phi) is 12.9. The monoisotopic (exact) mass is 683 g/mol. The van der Waals surface area contributed by atoms with Crippen molar-refractivity contribution in [2.24, 2.45) is 23.7 Å². The Morgan fingerprint density at radius 2 is 1.49 bits per heavy atom. The highest BCUT2D eigenvalue weighted by Crippen LogP contribution is 2.37. The van der Waals surface area contributed by atoms with Crippen molar-refractivity contribution in [1.29, 1.82) is 0 Å². The van der Waals surface area contributed by atoms with Gasteiger partial charge in [-0.05, 0) is 59.0 Å². The third-order valence-electron chi connectivity index (χ3n) is 9.93. The van der Waals surface area contributed by atoms with Gasteiger partial charge in [-0.2, -0.15) is 0 Å². The third kappa shape index (κ3) is 8.66. The van der Waals surface area contributed by atoms with E-state index in [4.69, 9.17) is 9.16 Å². The lowest BCUT2D eigenvalue weighted by Crippen LogP contribution is -2.66. The number of allylic oxidation sites excluding steroid dienone is 1. The maximum atomic E-state index is 13.7. The fraction of sp³-hybridized carbons (Fsp3) is 0.439. The van der Waals surface area contributed by atoms with Gasteiger partial charge in [0.05, 0.1) is 18.1 Å². The second-order valence-corrected chi connectivity index (χ2v) is 18.9. The van der Waals surface area contributed by atoms with Gasteiger partial charge in [0.25, 0.3) is 8.32 Å². The average molecular weight is 684 g/mol. The lowest BCUT2D eigenvalue weighted by atomic mass is 9.79. The number of imide groups is 1. The van der Waals surface area contributed by atoms with Crippen molar-refractivity contribution in [3.63, 3.8) is 0 Å². The van der Waals surface area contributed by atoms with E-state index in [1.165, 1.54) is 17.3 Å². The molecule has 4 unspecified atom stereocenters. The number of hydrogen-bond acceptors (Lipinski definition) is 6. The Bertz CT molecular complexity index is 1500. The lowest BCUT2D eigenvalue weighted by Gasteiger charge is -2.43. The number of aliphatic hydroxyl groups is 1. The first-order valence-electron chi connectivity index (χ1n) is 17.4. The van der Waals surface area contributed by atoms with E-state index >= 15 is 0 Å². The van der Waals surface area contributed by atoms with Crippen molar-refractivity contribution in [2.75, 3.05) is 13.2 Å². The molecule has 0 bridgehead atoms. The Balaban J connectivity index is 1.47. The molecule has 1 aliphatic heterocycles. The van der Waals surface area contributed by atoms with Crippen molar-refractivity contribution in [3.8, 4) is 0 Å². The number of Topliss-reactive ketones (excluding diaryl/α,β-unsaturated/α-hetero) is 1. The van der Waals surface area contributed by atoms with E-state index in [1.807, 2.05) is 42.5 Å². The van der Waals surface area contributed by atoms with E-state index < -0.39 is 50.1 Å². The van der Waals surface area contributed by atoms with Crippen LogP contribution < -0.4 is 10.4 Å². The van der Waals surface area contributed by atoms with E-state index in [0.717, 1.165) is 10.5 Å². The van der Waals surface area contributed by atoms with Gasteiger partial charge in [0.1, 0.15) is 12.4 Å². The first-order chi connectivity index (χ1) is 23.3. The molecular formula is C41H53NO6Si. The number of ether oxygens (including phenoxy) is 1. The molecule has 8 heteroatoms. The zero-order chi connectivity index (χ0) is 35.8. The van der Waals surface area contributed by atoms with Gasteiger partial charge in [-0.1, -0.05) is 132 Å². The third-order valence-corrected chi connectivity index (χ3v) is 14.9. The van der Waals surface area contributed by atoms with Gasteiger partial charge in [-0.15, -0.1) is 6.58 Å². The topological polar surface area (TPSA) is 93.1 Å². The summed E-state index contributed by atoms with van der Waals surface area (Å²) in [7, 11) is -2.74. The fourth-order valence-electron chi connectivity index (χ4n) is 7.27. The molecule has 3 aromatic rings. The fourth-order valence-corrected chi connectivity index (χ4v) is 12.0. The number of carbonyl (C=O) groups excluding carboxylic acids is 3. The molecule has 49 heavy (non-hydrogen) atoms. The Morgan fingerprint density at radius 3 is 2.00 bits per heavy atom. The SMILES string of the molecule is C=CCC(CC(C)CO[Si](c1ccccc1)(c1ccccc1)C(C)(C)C)[C@@H](O)C(C)C(=O)C(C)C(=O)N1C(=O)OC[C@H]1Cc1ccccc1. The van der Waals surface area contributed by atoms with Crippen LogP contribution in [0, 0.1) is 23.7 Å². The number of aliphatic hydroxyl groups excluding tert-OH is 1. The summed E-state index contributed by atoms with van der Waals surface area (Å²) in [6.07, 6.45) is 1.56. The van der Waals surface area contributed by atoms with Crippen LogP contribution in [-0.2, 0) is 25.2 Å². The normalized spacial score (nSPS) is 18.2. The average Bonchev–Trinajstić information content (AvgIpc) is 3.46. The van der Waals surface area contributed by atoms with Crippen molar-refractivity contribution in [3.05, 3.63) is 109 Å². The molecule has 1 N–H and O–H groups in total. The second-order valence-electron chi connectivity index (χ2n) is 14.6. The number of carbonyl (C=O) groups is 3. The Morgan fingerprint density at radius 1 is 0.959 bits per heavy atom. The zero-order valence-corrected chi connectivity index (χ0v) is 30.9. The standard InChI is InChI=1S/C41H53NO6Si/c1-8-18-33(25-29(2)27-48-49(41(5,6)7,35-21-14-10-15-22-35)36-23-16-11-17-24-36)38(44)30(3)37(43)31(4)39(45)42-34(28-47-40(42)46)26-32-19-12-9-13-20-32/h8-17,19-24,29-31,33-34,38,44H,1,18,25-28H2,2-7H3/t29?,30?,31?,33?,34-,38+/m1/s1. The molecule has 1 heterocycles. The van der Waals surface area contributed by atoms with Gasteiger partial charge in [0.2, 0.25) is 5.91 Å². The second kappa shape index (κ2) is 16.7. The van der Waals surface area contributed by atoms with Crippen LogP contribution in [0.5, 0.6) is 0 Å². The number of nitrogens with zero attached hydrogens (tertiary/aromatic N) is 1. The molecule has 1 saturated heterocycles. The lowest BCUT2D eigenvalue weighted by molar-refractivity contribution is -0.142. The van der Waals surface area contributed by atoms with Crippen LogP contribution in [0.4, 0.5) is 4.79 Å². The van der Waals surface area contributed by atoms with Gasteiger partial charge in [-0.3, -0.25) is 9.59 Å². The molecule has 2 amide bonds. The highest BCUT2D eigenvalue weighted by Gasteiger charge is 2.50. The molecule has 0 spiro atoms. The number of rotatable bonds is 16. The van der Waals surface area contributed by atoms with E-state index in [9.17, 15) is 19.5 Å². The summed E-state index contributed by atoms with van der Waals surface area (Å²) >= 11 is 0. The van der Waals surface area contributed by atoms with E-state index in [1.54, 1.807) is 13.0 Å². The molecule has 0 saturated carbocycles. The van der Waals surface area contributed by atoms with Crippen LogP contribution in [0.15, 0.2) is 104 Å². The Labute approximate surface area is 293 Å². The molecular weight excluding hydrogens is 631 g/mol. The van der Waals surface area contributed by atoms with Crippen LogP contribution in [0.25, 0.3) is 0 Å². The summed E-state index contributed by atoms with van der Waals surface area (Å²) in [6.45, 7) is 16.5. The van der Waals surface area contributed by atoms with Gasteiger partial charge in [0.15, 0.2) is 0 Å². The van der Waals surface area contributed by atoms with E-state index in [2.05, 4.69) is 82.8 Å². The molecule has 6 atom stereocenters. The summed E-state index contributed by atoms with van der Waals surface area (Å²) in [6, 6.07) is 30.0. The maximum absolute atomic E-state index is 13.7. The summed E-state index contributed by atoms with van der Waals surface area (Å²) in [5.74, 6) is -3.17. The number of benzene rings is 3. The van der Waals surface area contributed by atoms with E-state index in [-0.39, 0.29) is 23.5 Å². The van der Waals surface area contributed by atoms with Crippen LogP contribution in [0.1, 0.15) is 59.9 Å². The highest BCUT2D eigenvalue weighted by atomic mass is 28.4. The molecule has 1 aliphatic rings. The van der Waals surface area contributed by atoms with Gasteiger partial charge >= 0.3 is 6.09 Å². The smallest absolute Gasteiger partial charge is 0.417 e. The predicted octanol–water partition coefficient (Wildman–Crippen LogP) is 6.57. The number of cyclic esters (lactones) is 1. The van der Waals surface area contributed by atoms with Crippen molar-refractivity contribution in [1.82, 2.24) is 4.90 Å². The van der Waals surface area contributed by atoms with Crippen LogP contribution in [0.2, 0.25) is 5.04 Å². The minimum Gasteiger partial charge on any atom is -0.447 e. The molecule has 1 fully saturated rings. The van der Waals surface area contributed by atoms with Crippen LogP contribution >= 0.6 is 0 Å². The number of ketones is 1. The summed E-state index contributed by atoms with van der Waals surface area (Å²) in [5.41, 5.74) is 0.965. The number of hydrogen-bond donors (Lipinski definition) is 1. The van der Waals surface area contributed by atoms with Crippen molar-refractivity contribution in [2.45, 2.75) is 78.0 Å². The summed E-state index contributed by atoms with van der Waals surface area (Å²) in [5, 5.41) is 13.9. The largest absolute Gasteiger partial charge is 0.447 e. The zero-order valence-electron chi connectivity index (χ0n) is 29.9. The van der Waals surface area contributed by atoms with Gasteiger partial charge < -0.3 is 14.3 Å². The molecule has 3 aromatic carbocycles. The first kappa shape index (κ1) is 38.0. The quantitative estimate of drug-likeness (QED) is 0.104. The van der Waals surface area contributed by atoms with Gasteiger partial charge in [0, 0.05) is 12.5 Å². The summed E-state index contributed by atoms with van der Waals surface area (Å²) in [4.78, 5) is 41.0. The molecule has 7 nitrogen and oxygen atoms in total. The van der Waals surface area contributed by atoms with Crippen LogP contribution in [0.3, 0.4) is 0 Å². The van der Waals surface area contributed by atoms with Crippen molar-refractivity contribution < 1.29 is 28.7 Å². The molecule has 4 rings (SSSR count). The number of amides is 2. The van der Waals surface area contributed by atoms with E-state index in [0.29, 0.717) is 25.9 Å². The molecule has 262 valence electrons. The Hall–Kier alpha value is -3.85. The maximum Gasteiger partial charge on any atom is 0.417 e. The molecule has 0 radical (unpaired) electrons. The predicted molar refractivity (Wildman–Crippen MR) is 197 cm³/mol.